The van der Waals surface area contributed by atoms with E-state index in [9.17, 15) is 5.11 Å². The summed E-state index contributed by atoms with van der Waals surface area (Å²) in [7, 11) is 0. The van der Waals surface area contributed by atoms with Gasteiger partial charge in [0.05, 0.1) is 11.6 Å². The lowest BCUT2D eigenvalue weighted by atomic mass is 9.76. The molecule has 1 aromatic heterocycles. The molecule has 0 unspecified atom stereocenters. The van der Waals surface area contributed by atoms with Gasteiger partial charge in [-0.2, -0.15) is 0 Å². The molecule has 1 aliphatic heterocycles. The summed E-state index contributed by atoms with van der Waals surface area (Å²) in [6, 6.07) is 10.6. The predicted octanol–water partition coefficient (Wildman–Crippen LogP) is 3.67. The summed E-state index contributed by atoms with van der Waals surface area (Å²) in [6.07, 6.45) is 5.49. The van der Waals surface area contributed by atoms with Gasteiger partial charge in [0.2, 0.25) is 0 Å². The van der Waals surface area contributed by atoms with Gasteiger partial charge in [0, 0.05) is 23.9 Å². The molecular formula is C19H24N2O. The van der Waals surface area contributed by atoms with E-state index in [2.05, 4.69) is 42.2 Å². The number of para-hydroxylation sites is 1. The van der Waals surface area contributed by atoms with Gasteiger partial charge in [-0.05, 0) is 50.3 Å². The van der Waals surface area contributed by atoms with E-state index in [1.807, 2.05) is 0 Å². The van der Waals surface area contributed by atoms with Crippen LogP contribution in [0.1, 0.15) is 37.7 Å². The highest BCUT2D eigenvalue weighted by Crippen LogP contribution is 2.45. The Bertz CT molecular complexity index is 699. The van der Waals surface area contributed by atoms with Crippen molar-refractivity contribution >= 4 is 16.7 Å². The third-order valence-electron chi connectivity index (χ3n) is 5.70. The highest BCUT2D eigenvalue weighted by atomic mass is 16.3. The number of aryl methyl sites for hydroxylation is 1. The van der Waals surface area contributed by atoms with Crippen LogP contribution in [0.2, 0.25) is 0 Å². The van der Waals surface area contributed by atoms with Crippen LogP contribution in [0.3, 0.4) is 0 Å². The molecule has 4 rings (SSSR count). The van der Waals surface area contributed by atoms with E-state index in [-0.39, 0.29) is 11.5 Å². The average Bonchev–Trinajstić information content (AvgIpc) is 2.88. The Kier molecular flexibility index (Phi) is 3.33. The number of rotatable bonds is 1. The molecule has 0 bridgehead atoms. The first-order valence-electron chi connectivity index (χ1n) is 8.47. The Morgan fingerprint density at radius 1 is 1.23 bits per heavy atom. The zero-order chi connectivity index (χ0) is 15.2. The molecule has 1 spiro atoms. The fourth-order valence-corrected chi connectivity index (χ4v) is 4.45. The molecular weight excluding hydrogens is 272 g/mol. The second-order valence-corrected chi connectivity index (χ2v) is 7.11. The first-order valence-corrected chi connectivity index (χ1v) is 8.47. The van der Waals surface area contributed by atoms with E-state index >= 15 is 0 Å². The molecule has 2 aliphatic rings. The first-order chi connectivity index (χ1) is 10.7. The predicted molar refractivity (Wildman–Crippen MR) is 90.2 cm³/mol. The number of aliphatic hydroxyl groups is 1. The molecule has 1 saturated carbocycles. The zero-order valence-corrected chi connectivity index (χ0v) is 13.3. The number of benzene rings is 1. The summed E-state index contributed by atoms with van der Waals surface area (Å²) >= 11 is 0. The molecule has 0 amide bonds. The van der Waals surface area contributed by atoms with Gasteiger partial charge in [0.1, 0.15) is 5.82 Å². The molecule has 1 aliphatic carbocycles. The number of pyridine rings is 1. The summed E-state index contributed by atoms with van der Waals surface area (Å²) in [5, 5.41) is 11.7. The fourth-order valence-electron chi connectivity index (χ4n) is 4.45. The van der Waals surface area contributed by atoms with Gasteiger partial charge in [0.15, 0.2) is 0 Å². The van der Waals surface area contributed by atoms with Crippen molar-refractivity contribution in [2.24, 2.45) is 5.41 Å². The minimum Gasteiger partial charge on any atom is -0.392 e. The Morgan fingerprint density at radius 2 is 2.05 bits per heavy atom. The Hall–Kier alpha value is -1.61. The molecule has 22 heavy (non-hydrogen) atoms. The molecule has 2 atom stereocenters. The maximum Gasteiger partial charge on any atom is 0.129 e. The van der Waals surface area contributed by atoms with Gasteiger partial charge in [-0.25, -0.2) is 4.98 Å². The Morgan fingerprint density at radius 3 is 2.86 bits per heavy atom. The van der Waals surface area contributed by atoms with Crippen LogP contribution in [-0.4, -0.2) is 29.3 Å². The summed E-state index contributed by atoms with van der Waals surface area (Å²) in [5.74, 6) is 1.08. The van der Waals surface area contributed by atoms with Crippen molar-refractivity contribution in [2.45, 2.75) is 45.1 Å². The van der Waals surface area contributed by atoms with Gasteiger partial charge in [0.25, 0.3) is 0 Å². The molecule has 1 saturated heterocycles. The molecule has 3 nitrogen and oxygen atoms in total. The van der Waals surface area contributed by atoms with Crippen molar-refractivity contribution in [3.63, 3.8) is 0 Å². The molecule has 3 heteroatoms. The van der Waals surface area contributed by atoms with Crippen molar-refractivity contribution in [1.29, 1.82) is 0 Å². The molecule has 2 heterocycles. The minimum absolute atomic E-state index is 0.111. The molecule has 2 fully saturated rings. The van der Waals surface area contributed by atoms with Gasteiger partial charge < -0.3 is 10.0 Å². The van der Waals surface area contributed by atoms with Crippen LogP contribution in [0.25, 0.3) is 10.9 Å². The SMILES string of the molecule is Cc1cc(N2CCC[C@@]3(CCC[C@H]3O)C2)nc2ccccc12. The molecule has 116 valence electrons. The van der Waals surface area contributed by atoms with Crippen LogP contribution < -0.4 is 4.90 Å². The van der Waals surface area contributed by atoms with Crippen LogP contribution in [0.15, 0.2) is 30.3 Å². The van der Waals surface area contributed by atoms with Crippen LogP contribution in [0.5, 0.6) is 0 Å². The third-order valence-corrected chi connectivity index (χ3v) is 5.70. The second kappa shape index (κ2) is 5.24. The molecule has 1 N–H and O–H groups in total. The van der Waals surface area contributed by atoms with E-state index in [0.717, 1.165) is 50.1 Å². The van der Waals surface area contributed by atoms with Gasteiger partial charge in [-0.3, -0.25) is 0 Å². The summed E-state index contributed by atoms with van der Waals surface area (Å²) in [6.45, 7) is 4.18. The fraction of sp³-hybridized carbons (Fsp3) is 0.526. The van der Waals surface area contributed by atoms with E-state index in [1.165, 1.54) is 17.4 Å². The minimum atomic E-state index is -0.128. The Balaban J connectivity index is 1.69. The highest BCUT2D eigenvalue weighted by Gasteiger charge is 2.44. The summed E-state index contributed by atoms with van der Waals surface area (Å²) in [4.78, 5) is 7.28. The number of anilines is 1. The van der Waals surface area contributed by atoms with Crippen molar-refractivity contribution in [3.8, 4) is 0 Å². The zero-order valence-electron chi connectivity index (χ0n) is 13.3. The van der Waals surface area contributed by atoms with E-state index in [0.29, 0.717) is 0 Å². The van der Waals surface area contributed by atoms with E-state index < -0.39 is 0 Å². The monoisotopic (exact) mass is 296 g/mol. The van der Waals surface area contributed by atoms with Gasteiger partial charge in [-0.1, -0.05) is 24.6 Å². The number of hydrogen-bond acceptors (Lipinski definition) is 3. The topological polar surface area (TPSA) is 36.4 Å². The maximum absolute atomic E-state index is 10.4. The average molecular weight is 296 g/mol. The lowest BCUT2D eigenvalue weighted by molar-refractivity contribution is 0.0408. The smallest absolute Gasteiger partial charge is 0.129 e. The largest absolute Gasteiger partial charge is 0.392 e. The van der Waals surface area contributed by atoms with E-state index in [4.69, 9.17) is 4.98 Å². The molecule has 0 radical (unpaired) electrons. The normalized spacial score (nSPS) is 28.6. The molecule has 2 aromatic rings. The summed E-state index contributed by atoms with van der Waals surface area (Å²) < 4.78 is 0. The van der Waals surface area contributed by atoms with Crippen molar-refractivity contribution < 1.29 is 5.11 Å². The number of nitrogens with zero attached hydrogens (tertiary/aromatic N) is 2. The van der Waals surface area contributed by atoms with Gasteiger partial charge >= 0.3 is 0 Å². The number of fused-ring (bicyclic) bond motifs is 1. The Labute approximate surface area is 132 Å². The lowest BCUT2D eigenvalue weighted by Gasteiger charge is -2.43. The quantitative estimate of drug-likeness (QED) is 0.872. The van der Waals surface area contributed by atoms with Crippen molar-refractivity contribution in [2.75, 3.05) is 18.0 Å². The first kappa shape index (κ1) is 14.0. The van der Waals surface area contributed by atoms with Crippen LogP contribution in [0, 0.1) is 12.3 Å². The van der Waals surface area contributed by atoms with Crippen molar-refractivity contribution in [1.82, 2.24) is 4.98 Å². The van der Waals surface area contributed by atoms with Crippen LogP contribution in [0.4, 0.5) is 5.82 Å². The third kappa shape index (κ3) is 2.19. The standard InChI is InChI=1S/C19H24N2O/c1-14-12-18(20-16-7-3-2-6-15(14)16)21-11-5-10-19(13-21)9-4-8-17(19)22/h2-3,6-7,12,17,22H,4-5,8-11,13H2,1H3/t17-,19+/m1/s1. The maximum atomic E-state index is 10.4. The number of piperidine rings is 1. The van der Waals surface area contributed by atoms with Crippen LogP contribution in [-0.2, 0) is 0 Å². The number of aromatic nitrogens is 1. The number of aliphatic hydroxyl groups excluding tert-OH is 1. The van der Waals surface area contributed by atoms with Gasteiger partial charge in [-0.15, -0.1) is 0 Å². The summed E-state index contributed by atoms with van der Waals surface area (Å²) in [5.41, 5.74) is 2.47. The second-order valence-electron chi connectivity index (χ2n) is 7.11. The van der Waals surface area contributed by atoms with Crippen molar-refractivity contribution in [3.05, 3.63) is 35.9 Å². The van der Waals surface area contributed by atoms with E-state index in [1.54, 1.807) is 0 Å². The lowest BCUT2D eigenvalue weighted by Crippen LogP contribution is -2.47. The van der Waals surface area contributed by atoms with Crippen LogP contribution >= 0.6 is 0 Å². The highest BCUT2D eigenvalue weighted by molar-refractivity contribution is 5.83. The number of hydrogen-bond donors (Lipinski definition) is 1. The molecule has 1 aromatic carbocycles.